The molecule has 1 heterocycles. The Bertz CT molecular complexity index is 696. The first-order valence-corrected chi connectivity index (χ1v) is 10.1. The molecule has 1 saturated heterocycles. The van der Waals surface area contributed by atoms with Crippen molar-refractivity contribution in [3.63, 3.8) is 0 Å². The van der Waals surface area contributed by atoms with E-state index >= 15 is 0 Å². The van der Waals surface area contributed by atoms with Crippen molar-refractivity contribution in [3.8, 4) is 0 Å². The monoisotopic (exact) mass is 368 g/mol. The first-order chi connectivity index (χ1) is 11.7. The van der Waals surface area contributed by atoms with E-state index in [4.69, 9.17) is 4.74 Å². The number of carbonyl (C=O) groups excluding carboxylic acids is 1. The molecular weight excluding hydrogens is 340 g/mol. The van der Waals surface area contributed by atoms with Crippen molar-refractivity contribution in [1.29, 1.82) is 0 Å². The molecule has 0 unspecified atom stereocenters. The molecule has 0 radical (unpaired) electrons. The predicted octanol–water partition coefficient (Wildman–Crippen LogP) is 1.26. The van der Waals surface area contributed by atoms with Crippen LogP contribution in [-0.4, -0.2) is 57.7 Å². The predicted molar refractivity (Wildman–Crippen MR) is 98.0 cm³/mol. The molecule has 2 atom stereocenters. The average molecular weight is 368 g/mol. The highest BCUT2D eigenvalue weighted by molar-refractivity contribution is 7.89. The van der Waals surface area contributed by atoms with E-state index < -0.39 is 10.0 Å². The molecule has 0 saturated carbocycles. The fourth-order valence-corrected chi connectivity index (χ4v) is 4.26. The van der Waals surface area contributed by atoms with Crippen molar-refractivity contribution in [3.05, 3.63) is 34.9 Å². The Morgan fingerprint density at radius 3 is 2.44 bits per heavy atom. The van der Waals surface area contributed by atoms with Gasteiger partial charge in [-0.25, -0.2) is 12.7 Å². The Hall–Kier alpha value is -1.44. The van der Waals surface area contributed by atoms with Crippen LogP contribution < -0.4 is 5.32 Å². The molecule has 25 heavy (non-hydrogen) atoms. The number of aryl methyl sites for hydroxylation is 3. The van der Waals surface area contributed by atoms with Crippen molar-refractivity contribution in [2.45, 2.75) is 32.7 Å². The van der Waals surface area contributed by atoms with Gasteiger partial charge in [0.2, 0.25) is 15.9 Å². The Morgan fingerprint density at radius 1 is 1.20 bits per heavy atom. The van der Waals surface area contributed by atoms with E-state index in [-0.39, 0.29) is 23.6 Å². The summed E-state index contributed by atoms with van der Waals surface area (Å²) < 4.78 is 30.7. The Balaban J connectivity index is 1.88. The molecule has 1 amide bonds. The first kappa shape index (κ1) is 19.9. The maximum absolute atomic E-state index is 12.3. The van der Waals surface area contributed by atoms with Crippen LogP contribution >= 0.6 is 0 Å². The highest BCUT2D eigenvalue weighted by Crippen LogP contribution is 2.18. The lowest BCUT2D eigenvalue weighted by Gasteiger charge is -2.21. The minimum atomic E-state index is -3.31. The van der Waals surface area contributed by atoms with E-state index in [1.165, 1.54) is 29.5 Å². The van der Waals surface area contributed by atoms with E-state index in [0.717, 1.165) is 5.56 Å². The smallest absolute Gasteiger partial charge is 0.220 e. The lowest BCUT2D eigenvalue weighted by atomic mass is 10.0. The van der Waals surface area contributed by atoms with Gasteiger partial charge in [-0.3, -0.25) is 4.79 Å². The molecule has 2 rings (SSSR count). The van der Waals surface area contributed by atoms with Crippen LogP contribution in [0.5, 0.6) is 0 Å². The summed E-state index contributed by atoms with van der Waals surface area (Å²) >= 11 is 0. The van der Waals surface area contributed by atoms with E-state index in [1.54, 1.807) is 0 Å². The van der Waals surface area contributed by atoms with Crippen molar-refractivity contribution < 1.29 is 17.9 Å². The molecule has 1 aromatic carbocycles. The van der Waals surface area contributed by atoms with Crippen LogP contribution in [0.1, 0.15) is 23.1 Å². The van der Waals surface area contributed by atoms with Crippen LogP contribution in [0.25, 0.3) is 0 Å². The Morgan fingerprint density at radius 2 is 1.84 bits per heavy atom. The van der Waals surface area contributed by atoms with Gasteiger partial charge in [-0.2, -0.15) is 0 Å². The lowest BCUT2D eigenvalue weighted by Crippen LogP contribution is -2.43. The second-order valence-corrected chi connectivity index (χ2v) is 9.26. The number of ether oxygens (including phenoxy) is 1. The average Bonchev–Trinajstić information content (AvgIpc) is 2.90. The number of benzene rings is 1. The summed E-state index contributed by atoms with van der Waals surface area (Å²) in [6.07, 6.45) is 1.05. The third-order valence-electron chi connectivity index (χ3n) is 4.45. The number of hydrogen-bond acceptors (Lipinski definition) is 4. The van der Waals surface area contributed by atoms with Gasteiger partial charge in [0.05, 0.1) is 25.0 Å². The molecular formula is C18H28N2O4S. The molecule has 0 aromatic heterocycles. The van der Waals surface area contributed by atoms with Crippen LogP contribution in [0.3, 0.4) is 0 Å². The topological polar surface area (TPSA) is 75.7 Å². The fraction of sp³-hybridized carbons (Fsp3) is 0.611. The number of carbonyl (C=O) groups is 1. The van der Waals surface area contributed by atoms with Gasteiger partial charge in [0.15, 0.2) is 0 Å². The van der Waals surface area contributed by atoms with E-state index in [2.05, 4.69) is 23.5 Å². The molecule has 140 valence electrons. The number of rotatable bonds is 7. The second kappa shape index (κ2) is 8.29. The Labute approximate surface area is 150 Å². The van der Waals surface area contributed by atoms with E-state index in [9.17, 15) is 13.2 Å². The van der Waals surface area contributed by atoms with Gasteiger partial charge >= 0.3 is 0 Å². The summed E-state index contributed by atoms with van der Waals surface area (Å²) in [4.78, 5) is 12.3. The summed E-state index contributed by atoms with van der Waals surface area (Å²) in [6, 6.07) is 6.04. The SMILES string of the molecule is Cc1cc(C)cc(CCC(=O)N[C@H]2COC[C@H]2CS(=O)(=O)N(C)C)c1. The van der Waals surface area contributed by atoms with Crippen LogP contribution in [0.2, 0.25) is 0 Å². The fourth-order valence-electron chi connectivity index (χ4n) is 3.09. The maximum atomic E-state index is 12.3. The molecule has 1 aliphatic rings. The van der Waals surface area contributed by atoms with Gasteiger partial charge < -0.3 is 10.1 Å². The summed E-state index contributed by atoms with van der Waals surface area (Å²) in [7, 11) is -0.280. The van der Waals surface area contributed by atoms with Crippen molar-refractivity contribution in [2.75, 3.05) is 33.1 Å². The van der Waals surface area contributed by atoms with Gasteiger partial charge in [-0.15, -0.1) is 0 Å². The van der Waals surface area contributed by atoms with Crippen LogP contribution in [0, 0.1) is 19.8 Å². The Kier molecular flexibility index (Phi) is 6.59. The number of hydrogen-bond donors (Lipinski definition) is 1. The summed E-state index contributed by atoms with van der Waals surface area (Å²) in [5.74, 6) is -0.290. The highest BCUT2D eigenvalue weighted by Gasteiger charge is 2.33. The molecule has 0 spiro atoms. The number of nitrogens with one attached hydrogen (secondary N) is 1. The van der Waals surface area contributed by atoms with Crippen molar-refractivity contribution in [1.82, 2.24) is 9.62 Å². The minimum absolute atomic E-state index is 0.0119. The third-order valence-corrected chi connectivity index (χ3v) is 6.41. The second-order valence-electron chi connectivity index (χ2n) is 7.03. The third kappa shape index (κ3) is 5.80. The molecule has 1 fully saturated rings. The van der Waals surface area contributed by atoms with Crippen LogP contribution in [0.4, 0.5) is 0 Å². The molecule has 1 aliphatic heterocycles. The van der Waals surface area contributed by atoms with Crippen molar-refractivity contribution >= 4 is 15.9 Å². The molecule has 7 heteroatoms. The largest absolute Gasteiger partial charge is 0.379 e. The number of amides is 1. The summed E-state index contributed by atoms with van der Waals surface area (Å²) in [6.45, 7) is 4.81. The van der Waals surface area contributed by atoms with Gasteiger partial charge in [-0.05, 0) is 25.8 Å². The van der Waals surface area contributed by atoms with Gasteiger partial charge in [0, 0.05) is 26.4 Å². The van der Waals surface area contributed by atoms with E-state index in [1.807, 2.05) is 13.8 Å². The minimum Gasteiger partial charge on any atom is -0.379 e. The van der Waals surface area contributed by atoms with E-state index in [0.29, 0.717) is 26.1 Å². The first-order valence-electron chi connectivity index (χ1n) is 8.52. The molecule has 1 aromatic rings. The van der Waals surface area contributed by atoms with Gasteiger partial charge in [0.1, 0.15) is 0 Å². The molecule has 6 nitrogen and oxygen atoms in total. The zero-order valence-corrected chi connectivity index (χ0v) is 16.2. The normalized spacial score (nSPS) is 20.8. The van der Waals surface area contributed by atoms with Crippen LogP contribution in [-0.2, 0) is 26.0 Å². The number of nitrogens with zero attached hydrogens (tertiary/aromatic N) is 1. The number of sulfonamides is 1. The quantitative estimate of drug-likeness (QED) is 0.786. The van der Waals surface area contributed by atoms with Gasteiger partial charge in [0.25, 0.3) is 0 Å². The molecule has 1 N–H and O–H groups in total. The zero-order chi connectivity index (χ0) is 18.6. The molecule has 0 bridgehead atoms. The zero-order valence-electron chi connectivity index (χ0n) is 15.4. The molecule has 0 aliphatic carbocycles. The summed E-state index contributed by atoms with van der Waals surface area (Å²) in [5.41, 5.74) is 3.52. The lowest BCUT2D eigenvalue weighted by molar-refractivity contribution is -0.121. The summed E-state index contributed by atoms with van der Waals surface area (Å²) in [5, 5.41) is 2.94. The van der Waals surface area contributed by atoms with Crippen molar-refractivity contribution in [2.24, 2.45) is 5.92 Å². The highest BCUT2D eigenvalue weighted by atomic mass is 32.2. The van der Waals surface area contributed by atoms with Gasteiger partial charge in [-0.1, -0.05) is 29.3 Å². The maximum Gasteiger partial charge on any atom is 0.220 e. The standard InChI is InChI=1S/C18H28N2O4S/c1-13-7-14(2)9-15(8-13)5-6-18(21)19-17-11-24-10-16(17)12-25(22,23)20(3)4/h7-9,16-17H,5-6,10-12H2,1-4H3,(H,19,21)/t16-,17-/m0/s1. The van der Waals surface area contributed by atoms with Crippen LogP contribution in [0.15, 0.2) is 18.2 Å².